The molecular weight excluding hydrogens is 794 g/mol. The minimum absolute atomic E-state index is 0.493. The molecule has 4 aliphatic heterocycles. The van der Waals surface area contributed by atoms with Crippen molar-refractivity contribution in [1.82, 2.24) is 0 Å². The Balaban J connectivity index is 0.000000247. The molecule has 0 aliphatic carbocycles. The molecule has 4 aliphatic rings. The van der Waals surface area contributed by atoms with Crippen molar-refractivity contribution >= 4 is 180 Å². The van der Waals surface area contributed by atoms with E-state index in [-0.39, 0.29) is 0 Å². The summed E-state index contributed by atoms with van der Waals surface area (Å²) in [7, 11) is -12.5. The lowest BCUT2D eigenvalue weighted by Gasteiger charge is -2.10. The van der Waals surface area contributed by atoms with Gasteiger partial charge in [-0.05, 0) is 0 Å². The van der Waals surface area contributed by atoms with Crippen LogP contribution in [0.1, 0.15) is 0 Å². The van der Waals surface area contributed by atoms with Crippen molar-refractivity contribution in [2.24, 2.45) is 0 Å². The summed E-state index contributed by atoms with van der Waals surface area (Å²) in [5, 5.41) is 0. The first-order valence-electron chi connectivity index (χ1n) is 10.4. The SMILES string of the molecule is O1[SiH2]O[SiH2]O[SiH2]1.O1[SiH2]O[SiH2]O[SiH2]O[SiH2]1.O1[SiH2]O[SiH2]O[SiH2]O[SiH2]O[SiH2]1.O1[SiH2]O[SiH2]O[SiH2]O[SiH2]O[SiH2]O[SiH2]1. The summed E-state index contributed by atoms with van der Waals surface area (Å²) in [6.07, 6.45) is 0. The number of hydrogen-bond acceptors (Lipinski definition) is 18. The lowest BCUT2D eigenvalue weighted by molar-refractivity contribution is 0.346. The zero-order chi connectivity index (χ0) is 25.5. The predicted molar refractivity (Wildman–Crippen MR) is 173 cm³/mol. The molecule has 18 nitrogen and oxygen atoms in total. The third-order valence-electron chi connectivity index (χ3n) is 3.00. The van der Waals surface area contributed by atoms with Gasteiger partial charge in [0.25, 0.3) is 180 Å². The van der Waals surface area contributed by atoms with E-state index in [4.69, 9.17) is 74.1 Å². The van der Waals surface area contributed by atoms with Crippen LogP contribution in [0.3, 0.4) is 0 Å². The normalized spacial score (nSPS) is 36.0. The monoisotopic (exact) mass is 828 g/mol. The quantitative estimate of drug-likeness (QED) is 0.211. The maximum absolute atomic E-state index is 5.24. The lowest BCUT2D eigenvalue weighted by Crippen LogP contribution is -2.23. The van der Waals surface area contributed by atoms with Gasteiger partial charge >= 0.3 is 0 Å². The summed E-state index contributed by atoms with van der Waals surface area (Å²) < 4.78 is 92.5. The molecular formula is H36O18Si18. The summed E-state index contributed by atoms with van der Waals surface area (Å²) in [4.78, 5) is 0. The zero-order valence-electron chi connectivity index (χ0n) is 20.1. The molecule has 0 aromatic heterocycles. The maximum atomic E-state index is 5.24. The summed E-state index contributed by atoms with van der Waals surface area (Å²) >= 11 is 0. The molecule has 36 heteroatoms. The van der Waals surface area contributed by atoms with E-state index in [2.05, 4.69) is 0 Å². The lowest BCUT2D eigenvalue weighted by atomic mass is 15.7. The molecule has 4 fully saturated rings. The average molecular weight is 830 g/mol. The molecule has 0 N–H and O–H groups in total. The number of hydrogen-bond donors (Lipinski definition) is 0. The Morgan fingerprint density at radius 3 is 0.222 bits per heavy atom. The van der Waals surface area contributed by atoms with Crippen molar-refractivity contribution in [3.63, 3.8) is 0 Å². The highest BCUT2D eigenvalue weighted by Gasteiger charge is 1.99. The van der Waals surface area contributed by atoms with E-state index in [1.54, 1.807) is 0 Å². The second-order valence-electron chi connectivity index (χ2n) is 5.80. The third-order valence-corrected chi connectivity index (χ3v) is 27.0. The fourth-order valence-corrected chi connectivity index (χ4v) is 34.1. The van der Waals surface area contributed by atoms with E-state index in [9.17, 15) is 0 Å². The maximum Gasteiger partial charge on any atom is 0.286 e. The fraction of sp³-hybridized carbons (Fsp3) is 0. The molecule has 0 aromatic rings. The third kappa shape index (κ3) is 31.7. The van der Waals surface area contributed by atoms with Crippen LogP contribution >= 0.6 is 0 Å². The minimum atomic E-state index is -0.795. The molecule has 0 spiro atoms. The molecule has 36 heavy (non-hydrogen) atoms. The van der Waals surface area contributed by atoms with E-state index < -0.39 is 180 Å². The van der Waals surface area contributed by atoms with Crippen molar-refractivity contribution in [3.8, 4) is 0 Å². The number of rotatable bonds is 0. The fourth-order valence-electron chi connectivity index (χ4n) is 1.67. The first-order valence-corrected chi connectivity index (χ1v) is 31.2. The van der Waals surface area contributed by atoms with Gasteiger partial charge in [-0.25, -0.2) is 0 Å². The molecule has 4 rings (SSSR count). The van der Waals surface area contributed by atoms with Gasteiger partial charge < -0.3 is 74.1 Å². The smallest absolute Gasteiger partial charge is 0.286 e. The van der Waals surface area contributed by atoms with E-state index in [0.29, 0.717) is 0 Å². The van der Waals surface area contributed by atoms with Crippen molar-refractivity contribution in [2.45, 2.75) is 0 Å². The highest BCUT2D eigenvalue weighted by Crippen LogP contribution is 1.81. The van der Waals surface area contributed by atoms with E-state index in [1.165, 1.54) is 0 Å². The molecule has 0 unspecified atom stereocenters. The predicted octanol–water partition coefficient (Wildman–Crippen LogP) is -17.7. The van der Waals surface area contributed by atoms with Crippen LogP contribution in [0.2, 0.25) is 0 Å². The average Bonchev–Trinajstić information content (AvgIpc) is 2.90. The van der Waals surface area contributed by atoms with Crippen LogP contribution in [0.4, 0.5) is 0 Å². The van der Waals surface area contributed by atoms with Crippen molar-refractivity contribution < 1.29 is 74.1 Å². The first kappa shape index (κ1) is 37.2. The standard InChI is InChI=1S/H12O6Si6.H10O5Si5.H8O4Si4.H6O3Si3/c1-7-2-9-4-11-6-12-5-10-3-8-1;1-6-2-8-4-10-5-9-3-7-1;1-5-2-7-4-8-3-6-1;1-4-2-6-3-5-1/h7-12H2;6-10H2;5-8H2;4-6H2. The van der Waals surface area contributed by atoms with Crippen molar-refractivity contribution in [2.75, 3.05) is 0 Å². The molecule has 0 saturated carbocycles. The Labute approximate surface area is 252 Å². The molecule has 0 amide bonds. The van der Waals surface area contributed by atoms with Gasteiger partial charge in [-0.3, -0.25) is 0 Å². The van der Waals surface area contributed by atoms with Crippen LogP contribution in [0.5, 0.6) is 0 Å². The van der Waals surface area contributed by atoms with Gasteiger partial charge in [0.1, 0.15) is 0 Å². The van der Waals surface area contributed by atoms with Gasteiger partial charge in [-0.2, -0.15) is 0 Å². The van der Waals surface area contributed by atoms with Crippen LogP contribution in [-0.4, -0.2) is 180 Å². The Morgan fingerprint density at radius 2 is 0.167 bits per heavy atom. The molecule has 216 valence electrons. The van der Waals surface area contributed by atoms with Crippen molar-refractivity contribution in [3.05, 3.63) is 0 Å². The summed E-state index contributed by atoms with van der Waals surface area (Å²) in [6.45, 7) is 0. The van der Waals surface area contributed by atoms with Crippen LogP contribution in [0.15, 0.2) is 0 Å². The Bertz CT molecular complexity index is 292. The molecule has 0 bridgehead atoms. The Kier molecular flexibility index (Phi) is 35.5. The van der Waals surface area contributed by atoms with Crippen molar-refractivity contribution in [1.29, 1.82) is 0 Å². The molecule has 0 atom stereocenters. The molecule has 4 heterocycles. The van der Waals surface area contributed by atoms with Crippen LogP contribution in [0, 0.1) is 0 Å². The van der Waals surface area contributed by atoms with Gasteiger partial charge in [0.15, 0.2) is 0 Å². The Hall–Kier alpha value is 3.18. The van der Waals surface area contributed by atoms with E-state index >= 15 is 0 Å². The summed E-state index contributed by atoms with van der Waals surface area (Å²) in [6, 6.07) is 0. The van der Waals surface area contributed by atoms with Crippen LogP contribution in [0.25, 0.3) is 0 Å². The van der Waals surface area contributed by atoms with E-state index in [0.717, 1.165) is 0 Å². The van der Waals surface area contributed by atoms with Gasteiger partial charge in [-0.1, -0.05) is 0 Å². The second kappa shape index (κ2) is 34.4. The van der Waals surface area contributed by atoms with Gasteiger partial charge in [0, 0.05) is 0 Å². The van der Waals surface area contributed by atoms with Gasteiger partial charge in [-0.15, -0.1) is 0 Å². The zero-order valence-corrected chi connectivity index (χ0v) is 45.5. The van der Waals surface area contributed by atoms with Gasteiger partial charge in [0.05, 0.1) is 0 Å². The highest BCUT2D eigenvalue weighted by atomic mass is 28.4. The van der Waals surface area contributed by atoms with Crippen LogP contribution < -0.4 is 0 Å². The molecule has 0 aromatic carbocycles. The Morgan fingerprint density at radius 1 is 0.111 bits per heavy atom. The second-order valence-corrected chi connectivity index (χ2v) is 39.4. The summed E-state index contributed by atoms with van der Waals surface area (Å²) in [5.41, 5.74) is 0. The minimum Gasteiger partial charge on any atom is -0.425 e. The molecule has 0 radical (unpaired) electrons. The highest BCUT2D eigenvalue weighted by molar-refractivity contribution is 6.52. The van der Waals surface area contributed by atoms with Gasteiger partial charge in [0.2, 0.25) is 0 Å². The summed E-state index contributed by atoms with van der Waals surface area (Å²) in [5.74, 6) is 0. The topological polar surface area (TPSA) is 166 Å². The largest absolute Gasteiger partial charge is 0.425 e. The first-order chi connectivity index (χ1) is 18.0. The van der Waals surface area contributed by atoms with E-state index in [1.807, 2.05) is 0 Å². The molecule has 4 saturated heterocycles. The van der Waals surface area contributed by atoms with Crippen LogP contribution in [-0.2, 0) is 74.1 Å².